The van der Waals surface area contributed by atoms with Gasteiger partial charge in [0.15, 0.2) is 0 Å². The second-order valence-electron chi connectivity index (χ2n) is 7.45. The number of para-hydroxylation sites is 1. The van der Waals surface area contributed by atoms with Crippen molar-refractivity contribution in [3.63, 3.8) is 0 Å². The van der Waals surface area contributed by atoms with Crippen LogP contribution < -0.4 is 14.9 Å². The summed E-state index contributed by atoms with van der Waals surface area (Å²) >= 11 is 5.93. The Morgan fingerprint density at radius 2 is 1.61 bits per heavy atom. The van der Waals surface area contributed by atoms with E-state index in [9.17, 15) is 13.2 Å². The Labute approximate surface area is 189 Å². The number of sulfonamides is 1. The molecule has 1 aliphatic rings. The third-order valence-electron chi connectivity index (χ3n) is 5.24. The van der Waals surface area contributed by atoms with E-state index >= 15 is 0 Å². The van der Waals surface area contributed by atoms with Crippen LogP contribution >= 0.6 is 11.6 Å². The van der Waals surface area contributed by atoms with Crippen molar-refractivity contribution in [1.82, 2.24) is 14.9 Å². The number of piperazine rings is 1. The van der Waals surface area contributed by atoms with E-state index < -0.39 is 10.0 Å². The van der Waals surface area contributed by atoms with Crippen LogP contribution in [0.3, 0.4) is 0 Å². The van der Waals surface area contributed by atoms with Crippen molar-refractivity contribution < 1.29 is 13.2 Å². The highest BCUT2D eigenvalue weighted by Crippen LogP contribution is 2.20. The van der Waals surface area contributed by atoms with Crippen molar-refractivity contribution in [2.75, 3.05) is 50.7 Å². The van der Waals surface area contributed by atoms with Crippen LogP contribution in [0.4, 0.5) is 5.69 Å². The van der Waals surface area contributed by atoms with Gasteiger partial charge in [-0.15, -0.1) is 0 Å². The fourth-order valence-corrected chi connectivity index (χ4v) is 5.08. The molecule has 1 fully saturated rings. The number of halogens is 1. The van der Waals surface area contributed by atoms with E-state index in [4.69, 9.17) is 11.6 Å². The highest BCUT2D eigenvalue weighted by Gasteiger charge is 2.18. The molecule has 1 saturated heterocycles. The predicted molar refractivity (Wildman–Crippen MR) is 124 cm³/mol. The van der Waals surface area contributed by atoms with E-state index in [1.807, 2.05) is 6.07 Å². The van der Waals surface area contributed by atoms with E-state index in [1.165, 1.54) is 17.8 Å². The van der Waals surface area contributed by atoms with Crippen LogP contribution in [-0.2, 0) is 14.8 Å². The Kier molecular flexibility index (Phi) is 8.71. The topological polar surface area (TPSA) is 81.7 Å². The summed E-state index contributed by atoms with van der Waals surface area (Å²) in [5.74, 6) is -0.171. The minimum atomic E-state index is -3.72. The van der Waals surface area contributed by atoms with Crippen molar-refractivity contribution in [1.29, 1.82) is 0 Å². The number of benzene rings is 2. The first-order chi connectivity index (χ1) is 15.0. The smallest absolute Gasteiger partial charge is 0.242 e. The molecule has 168 valence electrons. The number of carbonyl (C=O) groups excluding carboxylic acids is 1. The number of nitrogens with one attached hydrogen (secondary N) is 2. The SMILES string of the molecule is O=C(CCNS(=O)(=O)c1ccccc1Cl)NCCCN1CCN(c2ccccc2)CC1. The molecule has 0 unspecified atom stereocenters. The Balaban J connectivity index is 1.28. The zero-order chi connectivity index (χ0) is 22.1. The second-order valence-corrected chi connectivity index (χ2v) is 9.59. The zero-order valence-electron chi connectivity index (χ0n) is 17.5. The van der Waals surface area contributed by atoms with Gasteiger partial charge in [-0.2, -0.15) is 0 Å². The van der Waals surface area contributed by atoms with Crippen LogP contribution in [0.1, 0.15) is 12.8 Å². The highest BCUT2D eigenvalue weighted by molar-refractivity contribution is 7.89. The van der Waals surface area contributed by atoms with Crippen molar-refractivity contribution in [2.24, 2.45) is 0 Å². The summed E-state index contributed by atoms with van der Waals surface area (Å²) in [6, 6.07) is 16.7. The normalized spacial score (nSPS) is 15.1. The van der Waals surface area contributed by atoms with Gasteiger partial charge in [-0.3, -0.25) is 9.69 Å². The van der Waals surface area contributed by atoms with Gasteiger partial charge in [0.1, 0.15) is 4.90 Å². The number of nitrogens with zero attached hydrogens (tertiary/aromatic N) is 2. The van der Waals surface area contributed by atoms with Crippen LogP contribution in [0.2, 0.25) is 5.02 Å². The van der Waals surface area contributed by atoms with Crippen LogP contribution in [0.25, 0.3) is 0 Å². The zero-order valence-corrected chi connectivity index (χ0v) is 19.0. The molecule has 0 spiro atoms. The summed E-state index contributed by atoms with van der Waals surface area (Å²) in [5, 5.41) is 3.01. The van der Waals surface area contributed by atoms with Gasteiger partial charge >= 0.3 is 0 Å². The maximum atomic E-state index is 12.2. The first-order valence-corrected chi connectivity index (χ1v) is 12.3. The molecule has 2 aromatic rings. The van der Waals surface area contributed by atoms with Crippen LogP contribution in [0, 0.1) is 0 Å². The Morgan fingerprint density at radius 3 is 2.32 bits per heavy atom. The van der Waals surface area contributed by atoms with E-state index in [0.29, 0.717) is 6.54 Å². The van der Waals surface area contributed by atoms with Gasteiger partial charge in [0.05, 0.1) is 5.02 Å². The van der Waals surface area contributed by atoms with Gasteiger partial charge in [-0.1, -0.05) is 41.9 Å². The first-order valence-electron chi connectivity index (χ1n) is 10.5. The van der Waals surface area contributed by atoms with Gasteiger partial charge < -0.3 is 10.2 Å². The number of rotatable bonds is 10. The number of amides is 1. The summed E-state index contributed by atoms with van der Waals surface area (Å²) in [7, 11) is -3.72. The molecule has 0 radical (unpaired) electrons. The van der Waals surface area contributed by atoms with Gasteiger partial charge in [0.2, 0.25) is 15.9 Å². The number of hydrogen-bond acceptors (Lipinski definition) is 5. The van der Waals surface area contributed by atoms with Gasteiger partial charge in [0, 0.05) is 51.4 Å². The molecule has 0 saturated carbocycles. The lowest BCUT2D eigenvalue weighted by Crippen LogP contribution is -2.47. The van der Waals surface area contributed by atoms with Gasteiger partial charge in [-0.05, 0) is 37.2 Å². The second kappa shape index (κ2) is 11.5. The van der Waals surface area contributed by atoms with E-state index in [2.05, 4.69) is 44.1 Å². The Morgan fingerprint density at radius 1 is 0.935 bits per heavy atom. The molecule has 0 atom stereocenters. The lowest BCUT2D eigenvalue weighted by Gasteiger charge is -2.36. The molecule has 7 nitrogen and oxygen atoms in total. The molecule has 1 aliphatic heterocycles. The van der Waals surface area contributed by atoms with Crippen LogP contribution in [-0.4, -0.2) is 65.0 Å². The Bertz CT molecular complexity index is 948. The first kappa shape index (κ1) is 23.5. The monoisotopic (exact) mass is 464 g/mol. The van der Waals surface area contributed by atoms with Crippen LogP contribution in [0.15, 0.2) is 59.5 Å². The molecule has 0 aromatic heterocycles. The molecule has 2 N–H and O–H groups in total. The number of anilines is 1. The van der Waals surface area contributed by atoms with Gasteiger partial charge in [-0.25, -0.2) is 13.1 Å². The summed E-state index contributed by atoms with van der Waals surface area (Å²) in [5.41, 5.74) is 1.26. The predicted octanol–water partition coefficient (Wildman–Crippen LogP) is 2.34. The number of carbonyl (C=O) groups is 1. The van der Waals surface area contributed by atoms with Gasteiger partial charge in [0.25, 0.3) is 0 Å². The summed E-state index contributed by atoms with van der Waals surface area (Å²) in [4.78, 5) is 16.8. The molecule has 31 heavy (non-hydrogen) atoms. The van der Waals surface area contributed by atoms with E-state index in [0.717, 1.165) is 39.1 Å². The Hall–Kier alpha value is -2.13. The summed E-state index contributed by atoms with van der Waals surface area (Å²) in [6.45, 7) is 5.56. The lowest BCUT2D eigenvalue weighted by atomic mass is 10.2. The third-order valence-corrected chi connectivity index (χ3v) is 7.20. The highest BCUT2D eigenvalue weighted by atomic mass is 35.5. The standard InChI is InChI=1S/C22H29ClN4O3S/c23-20-9-4-5-10-21(20)31(29,30)25-13-11-22(28)24-12-6-14-26-15-17-27(18-16-26)19-7-2-1-3-8-19/h1-5,7-10,25H,6,11-18H2,(H,24,28). The lowest BCUT2D eigenvalue weighted by molar-refractivity contribution is -0.120. The maximum Gasteiger partial charge on any atom is 0.242 e. The summed E-state index contributed by atoms with van der Waals surface area (Å²) < 4.78 is 26.9. The van der Waals surface area contributed by atoms with Crippen molar-refractivity contribution in [3.8, 4) is 0 Å². The fourth-order valence-electron chi connectivity index (χ4n) is 3.53. The average Bonchev–Trinajstić information content (AvgIpc) is 2.78. The van der Waals surface area contributed by atoms with Crippen molar-refractivity contribution in [2.45, 2.75) is 17.7 Å². The molecule has 9 heteroatoms. The average molecular weight is 465 g/mol. The minimum absolute atomic E-state index is 0.0180. The van der Waals surface area contributed by atoms with E-state index in [-0.39, 0.29) is 28.8 Å². The maximum absolute atomic E-state index is 12.2. The van der Waals surface area contributed by atoms with Crippen LogP contribution in [0.5, 0.6) is 0 Å². The molecule has 1 amide bonds. The molecule has 0 bridgehead atoms. The molecule has 2 aromatic carbocycles. The number of hydrogen-bond donors (Lipinski definition) is 2. The summed E-state index contributed by atoms with van der Waals surface area (Å²) in [6.07, 6.45) is 0.946. The molecular weight excluding hydrogens is 436 g/mol. The molecular formula is C22H29ClN4O3S. The minimum Gasteiger partial charge on any atom is -0.369 e. The quantitative estimate of drug-likeness (QED) is 0.527. The third kappa shape index (κ3) is 7.21. The fraction of sp³-hybridized carbons (Fsp3) is 0.409. The van der Waals surface area contributed by atoms with E-state index in [1.54, 1.807) is 12.1 Å². The molecule has 1 heterocycles. The van der Waals surface area contributed by atoms with Crippen molar-refractivity contribution in [3.05, 3.63) is 59.6 Å². The molecule has 3 rings (SSSR count). The largest absolute Gasteiger partial charge is 0.369 e. The van der Waals surface area contributed by atoms with Crippen molar-refractivity contribution >= 4 is 33.2 Å². The molecule has 0 aliphatic carbocycles.